The molecular formula is C21H21ClN4O2S. The molecule has 29 heavy (non-hydrogen) atoms. The molecule has 0 radical (unpaired) electrons. The maximum atomic E-state index is 12.7. The van der Waals surface area contributed by atoms with Gasteiger partial charge >= 0.3 is 0 Å². The molecule has 0 saturated carbocycles. The normalized spacial score (nSPS) is 11.7. The van der Waals surface area contributed by atoms with Crippen LogP contribution in [-0.2, 0) is 11.3 Å². The topological polar surface area (TPSA) is 69.0 Å². The van der Waals surface area contributed by atoms with E-state index in [2.05, 4.69) is 22.1 Å². The molecule has 0 aliphatic heterocycles. The van der Waals surface area contributed by atoms with Crippen LogP contribution in [0.1, 0.15) is 6.92 Å². The molecule has 1 heterocycles. The number of amides is 1. The van der Waals surface area contributed by atoms with E-state index in [4.69, 9.17) is 16.3 Å². The summed E-state index contributed by atoms with van der Waals surface area (Å²) in [7, 11) is 1.57. The number of carbonyl (C=O) groups is 1. The van der Waals surface area contributed by atoms with Crippen LogP contribution in [0, 0.1) is 0 Å². The molecule has 2 aromatic carbocycles. The number of allylic oxidation sites excluding steroid dienone is 1. The highest BCUT2D eigenvalue weighted by Crippen LogP contribution is 2.29. The number of hydrogen-bond donors (Lipinski definition) is 1. The quantitative estimate of drug-likeness (QED) is 0.407. The number of nitrogens with one attached hydrogen (secondary N) is 1. The summed E-state index contributed by atoms with van der Waals surface area (Å²) >= 11 is 7.31. The lowest BCUT2D eigenvalue weighted by Crippen LogP contribution is -2.23. The Labute approximate surface area is 178 Å². The Morgan fingerprint density at radius 3 is 2.69 bits per heavy atom. The molecule has 0 spiro atoms. The largest absolute Gasteiger partial charge is 0.495 e. The third-order valence-electron chi connectivity index (χ3n) is 4.15. The molecule has 8 heteroatoms. The van der Waals surface area contributed by atoms with Crippen molar-refractivity contribution < 1.29 is 9.53 Å². The summed E-state index contributed by atoms with van der Waals surface area (Å²) in [5.74, 6) is 1.15. The molecule has 6 nitrogen and oxygen atoms in total. The van der Waals surface area contributed by atoms with Crippen molar-refractivity contribution in [3.05, 3.63) is 66.2 Å². The van der Waals surface area contributed by atoms with Crippen LogP contribution in [0.4, 0.5) is 5.69 Å². The molecule has 0 bridgehead atoms. The van der Waals surface area contributed by atoms with E-state index in [1.165, 1.54) is 11.8 Å². The summed E-state index contributed by atoms with van der Waals surface area (Å²) in [4.78, 5) is 12.7. The van der Waals surface area contributed by atoms with Crippen LogP contribution >= 0.6 is 23.4 Å². The third-order valence-corrected chi connectivity index (χ3v) is 5.48. The fraction of sp³-hybridized carbons (Fsp3) is 0.190. The first-order valence-corrected chi connectivity index (χ1v) is 10.2. The molecule has 0 fully saturated rings. The SMILES string of the molecule is C=CCn1c(SC(C)C(=O)Nc2ccccc2OC)nnc1-c1ccc(Cl)cc1. The number of nitrogens with zero attached hydrogens (tertiary/aromatic N) is 3. The van der Waals surface area contributed by atoms with Crippen LogP contribution in [0.2, 0.25) is 5.02 Å². The zero-order valence-electron chi connectivity index (χ0n) is 16.1. The van der Waals surface area contributed by atoms with E-state index in [9.17, 15) is 4.79 Å². The van der Waals surface area contributed by atoms with E-state index in [-0.39, 0.29) is 5.91 Å². The second-order valence-corrected chi connectivity index (χ2v) is 7.91. The summed E-state index contributed by atoms with van der Waals surface area (Å²) in [6, 6.07) is 14.7. The summed E-state index contributed by atoms with van der Waals surface area (Å²) in [6.45, 7) is 6.16. The van der Waals surface area contributed by atoms with Crippen molar-refractivity contribution in [2.75, 3.05) is 12.4 Å². The van der Waals surface area contributed by atoms with Crippen molar-refractivity contribution >= 4 is 35.0 Å². The Hall–Kier alpha value is -2.77. The molecule has 1 unspecified atom stereocenters. The number of benzene rings is 2. The molecule has 3 aromatic rings. The minimum Gasteiger partial charge on any atom is -0.495 e. The van der Waals surface area contributed by atoms with E-state index in [1.807, 2.05) is 35.8 Å². The van der Waals surface area contributed by atoms with Crippen molar-refractivity contribution in [2.45, 2.75) is 23.9 Å². The number of halogens is 1. The van der Waals surface area contributed by atoms with Gasteiger partial charge in [0.25, 0.3) is 0 Å². The number of anilines is 1. The number of methoxy groups -OCH3 is 1. The lowest BCUT2D eigenvalue weighted by atomic mass is 10.2. The summed E-state index contributed by atoms with van der Waals surface area (Å²) in [5, 5.41) is 12.4. The van der Waals surface area contributed by atoms with Crippen molar-refractivity contribution in [3.8, 4) is 17.1 Å². The van der Waals surface area contributed by atoms with Gasteiger partial charge in [0, 0.05) is 17.1 Å². The molecule has 150 valence electrons. The second-order valence-electron chi connectivity index (χ2n) is 6.16. The van der Waals surface area contributed by atoms with Gasteiger partial charge in [-0.15, -0.1) is 16.8 Å². The van der Waals surface area contributed by atoms with Crippen LogP contribution in [-0.4, -0.2) is 33.0 Å². The van der Waals surface area contributed by atoms with E-state index in [0.717, 1.165) is 5.56 Å². The van der Waals surface area contributed by atoms with Crippen LogP contribution < -0.4 is 10.1 Å². The molecule has 0 aliphatic carbocycles. The molecule has 1 aromatic heterocycles. The minimum atomic E-state index is -0.397. The smallest absolute Gasteiger partial charge is 0.237 e. The fourth-order valence-electron chi connectivity index (χ4n) is 2.68. The van der Waals surface area contributed by atoms with Gasteiger partial charge in [-0.25, -0.2) is 0 Å². The Kier molecular flexibility index (Phi) is 6.95. The predicted octanol–water partition coefficient (Wildman–Crippen LogP) is 4.91. The molecule has 1 atom stereocenters. The van der Waals surface area contributed by atoms with Crippen LogP contribution in [0.25, 0.3) is 11.4 Å². The number of ether oxygens (including phenoxy) is 1. The average molecular weight is 429 g/mol. The van der Waals surface area contributed by atoms with Gasteiger partial charge in [0.15, 0.2) is 11.0 Å². The third kappa shape index (κ3) is 4.99. The maximum Gasteiger partial charge on any atom is 0.237 e. The van der Waals surface area contributed by atoms with Crippen LogP contribution in [0.5, 0.6) is 5.75 Å². The van der Waals surface area contributed by atoms with E-state index in [1.54, 1.807) is 37.5 Å². The van der Waals surface area contributed by atoms with E-state index in [0.29, 0.717) is 34.0 Å². The van der Waals surface area contributed by atoms with Gasteiger partial charge in [0.1, 0.15) is 5.75 Å². The van der Waals surface area contributed by atoms with Gasteiger partial charge in [-0.3, -0.25) is 9.36 Å². The first-order valence-electron chi connectivity index (χ1n) is 8.94. The lowest BCUT2D eigenvalue weighted by Gasteiger charge is -2.14. The van der Waals surface area contributed by atoms with E-state index < -0.39 is 5.25 Å². The number of carbonyl (C=O) groups excluding carboxylic acids is 1. The monoisotopic (exact) mass is 428 g/mol. The predicted molar refractivity (Wildman–Crippen MR) is 118 cm³/mol. The number of thioether (sulfide) groups is 1. The van der Waals surface area contributed by atoms with Gasteiger partial charge in [-0.05, 0) is 43.3 Å². The van der Waals surface area contributed by atoms with Gasteiger partial charge in [-0.2, -0.15) is 0 Å². The Balaban J connectivity index is 1.79. The molecule has 1 amide bonds. The first kappa shape index (κ1) is 21.0. The highest BCUT2D eigenvalue weighted by Gasteiger charge is 2.21. The molecule has 3 rings (SSSR count). The van der Waals surface area contributed by atoms with Crippen LogP contribution in [0.3, 0.4) is 0 Å². The van der Waals surface area contributed by atoms with Crippen molar-refractivity contribution in [1.82, 2.24) is 14.8 Å². The zero-order chi connectivity index (χ0) is 20.8. The van der Waals surface area contributed by atoms with Crippen LogP contribution in [0.15, 0.2) is 66.3 Å². The highest BCUT2D eigenvalue weighted by molar-refractivity contribution is 8.00. The van der Waals surface area contributed by atoms with Gasteiger partial charge in [-0.1, -0.05) is 41.6 Å². The molecular weight excluding hydrogens is 408 g/mol. The maximum absolute atomic E-state index is 12.7. The molecule has 0 saturated heterocycles. The Morgan fingerprint density at radius 1 is 1.28 bits per heavy atom. The zero-order valence-corrected chi connectivity index (χ0v) is 17.7. The van der Waals surface area contributed by atoms with Gasteiger partial charge in [0.2, 0.25) is 5.91 Å². The van der Waals surface area contributed by atoms with Crippen molar-refractivity contribution in [1.29, 1.82) is 0 Å². The van der Waals surface area contributed by atoms with Gasteiger partial charge < -0.3 is 10.1 Å². The number of rotatable bonds is 8. The average Bonchev–Trinajstić information content (AvgIpc) is 3.11. The molecule has 1 N–H and O–H groups in total. The lowest BCUT2D eigenvalue weighted by molar-refractivity contribution is -0.115. The van der Waals surface area contributed by atoms with Gasteiger partial charge in [0.05, 0.1) is 18.0 Å². The van der Waals surface area contributed by atoms with Crippen molar-refractivity contribution in [2.24, 2.45) is 0 Å². The number of hydrogen-bond acceptors (Lipinski definition) is 5. The summed E-state index contributed by atoms with van der Waals surface area (Å²) in [6.07, 6.45) is 1.77. The first-order chi connectivity index (χ1) is 14.0. The van der Waals surface area contributed by atoms with Crippen molar-refractivity contribution in [3.63, 3.8) is 0 Å². The number of para-hydroxylation sites is 2. The Bertz CT molecular complexity index is 1000. The second kappa shape index (κ2) is 9.62. The molecule has 0 aliphatic rings. The minimum absolute atomic E-state index is 0.152. The fourth-order valence-corrected chi connectivity index (χ4v) is 3.66. The number of aromatic nitrogens is 3. The summed E-state index contributed by atoms with van der Waals surface area (Å²) < 4.78 is 7.21. The highest BCUT2D eigenvalue weighted by atomic mass is 35.5. The Morgan fingerprint density at radius 2 is 2.00 bits per heavy atom. The van der Waals surface area contributed by atoms with E-state index >= 15 is 0 Å². The standard InChI is InChI=1S/C21H21ClN4O2S/c1-4-13-26-19(15-9-11-16(22)12-10-15)24-25-21(26)29-14(2)20(27)23-17-7-5-6-8-18(17)28-3/h4-12,14H,1,13H2,2-3H3,(H,23,27). The summed E-state index contributed by atoms with van der Waals surface area (Å²) in [5.41, 5.74) is 1.52.